The van der Waals surface area contributed by atoms with E-state index in [1.165, 1.54) is 0 Å². The number of anilines is 2. The fourth-order valence-corrected chi connectivity index (χ4v) is 4.41. The van der Waals surface area contributed by atoms with Gasteiger partial charge in [0.1, 0.15) is 6.04 Å². The lowest BCUT2D eigenvalue weighted by molar-refractivity contribution is -0.136. The van der Waals surface area contributed by atoms with Gasteiger partial charge in [0, 0.05) is 64.4 Å². The highest BCUT2D eigenvalue weighted by Crippen LogP contribution is 2.40. The number of hydrogen-bond donors (Lipinski definition) is 1. The lowest BCUT2D eigenvalue weighted by atomic mass is 10.0. The number of benzene rings is 1. The summed E-state index contributed by atoms with van der Waals surface area (Å²) in [5, 5.41) is 2.36. The fraction of sp³-hybridized carbons (Fsp3) is 0.550. The second-order valence-electron chi connectivity index (χ2n) is 8.04. The molecule has 3 aliphatic rings. The monoisotopic (exact) mass is 385 g/mol. The van der Waals surface area contributed by atoms with Crippen molar-refractivity contribution < 1.29 is 14.4 Å². The molecule has 1 aromatic carbocycles. The van der Waals surface area contributed by atoms with Crippen LogP contribution in [0.15, 0.2) is 12.1 Å². The van der Waals surface area contributed by atoms with Crippen LogP contribution in [0.1, 0.15) is 28.8 Å². The molecule has 8 nitrogen and oxygen atoms in total. The highest BCUT2D eigenvalue weighted by atomic mass is 16.2. The zero-order chi connectivity index (χ0) is 20.0. The van der Waals surface area contributed by atoms with Crippen molar-refractivity contribution in [2.45, 2.75) is 25.4 Å². The molecule has 2 saturated heterocycles. The number of nitrogens with one attached hydrogen (secondary N) is 1. The Bertz CT molecular complexity index is 829. The largest absolute Gasteiger partial charge is 0.376 e. The SMILES string of the molecule is CN1CCN(c2ccc3c(c2N(C)C)CN(C2CCC(=O)NC2=O)C3=O)CC1. The van der Waals surface area contributed by atoms with E-state index < -0.39 is 6.04 Å². The highest BCUT2D eigenvalue weighted by molar-refractivity contribution is 6.06. The van der Waals surface area contributed by atoms with Crippen molar-refractivity contribution in [1.82, 2.24) is 15.1 Å². The molecule has 150 valence electrons. The van der Waals surface area contributed by atoms with Gasteiger partial charge in [-0.3, -0.25) is 19.7 Å². The zero-order valence-electron chi connectivity index (χ0n) is 16.7. The molecule has 3 aliphatic heterocycles. The molecule has 1 aromatic rings. The molecule has 28 heavy (non-hydrogen) atoms. The molecule has 1 unspecified atom stereocenters. The van der Waals surface area contributed by atoms with Gasteiger partial charge < -0.3 is 19.6 Å². The second kappa shape index (κ2) is 7.09. The van der Waals surface area contributed by atoms with E-state index in [4.69, 9.17) is 0 Å². The minimum absolute atomic E-state index is 0.127. The van der Waals surface area contributed by atoms with E-state index in [1.54, 1.807) is 4.90 Å². The molecular formula is C20H27N5O3. The number of hydrogen-bond acceptors (Lipinski definition) is 6. The van der Waals surface area contributed by atoms with Gasteiger partial charge in [0.25, 0.3) is 5.91 Å². The van der Waals surface area contributed by atoms with Crippen LogP contribution >= 0.6 is 0 Å². The minimum Gasteiger partial charge on any atom is -0.376 e. The van der Waals surface area contributed by atoms with Gasteiger partial charge in [0.05, 0.1) is 11.4 Å². The van der Waals surface area contributed by atoms with Gasteiger partial charge in [-0.1, -0.05) is 0 Å². The smallest absolute Gasteiger partial charge is 0.255 e. The number of rotatable bonds is 3. The molecular weight excluding hydrogens is 358 g/mol. The number of nitrogens with zero attached hydrogens (tertiary/aromatic N) is 4. The molecule has 3 heterocycles. The molecule has 1 atom stereocenters. The fourth-order valence-electron chi connectivity index (χ4n) is 4.41. The topological polar surface area (TPSA) is 76.2 Å². The number of carbonyl (C=O) groups excluding carboxylic acids is 3. The third-order valence-electron chi connectivity index (χ3n) is 5.96. The third-order valence-corrected chi connectivity index (χ3v) is 5.96. The van der Waals surface area contributed by atoms with Crippen LogP contribution in [-0.4, -0.2) is 80.9 Å². The molecule has 2 fully saturated rings. The van der Waals surface area contributed by atoms with Gasteiger partial charge in [-0.25, -0.2) is 0 Å². The van der Waals surface area contributed by atoms with Crippen LogP contribution in [0.5, 0.6) is 0 Å². The zero-order valence-corrected chi connectivity index (χ0v) is 16.7. The van der Waals surface area contributed by atoms with E-state index in [9.17, 15) is 14.4 Å². The molecule has 8 heteroatoms. The Morgan fingerprint density at radius 2 is 1.79 bits per heavy atom. The summed E-state index contributed by atoms with van der Waals surface area (Å²) in [7, 11) is 6.12. The molecule has 1 N–H and O–H groups in total. The van der Waals surface area contributed by atoms with E-state index in [0.717, 1.165) is 43.1 Å². The van der Waals surface area contributed by atoms with Gasteiger partial charge in [-0.05, 0) is 25.6 Å². The standard InChI is InChI=1S/C20H27N5O3/c1-22(2)18-14-12-25(16-6-7-17(26)21-19(16)27)20(28)13(14)4-5-15(18)24-10-8-23(3)9-11-24/h4-5,16H,6-12H2,1-3H3,(H,21,26,27). The Kier molecular flexibility index (Phi) is 4.74. The number of amides is 3. The summed E-state index contributed by atoms with van der Waals surface area (Å²) < 4.78 is 0. The minimum atomic E-state index is -0.584. The van der Waals surface area contributed by atoms with E-state index in [2.05, 4.69) is 27.1 Å². The van der Waals surface area contributed by atoms with Crippen molar-refractivity contribution in [3.05, 3.63) is 23.3 Å². The predicted octanol–water partition coefficient (Wildman–Crippen LogP) is 0.265. The van der Waals surface area contributed by atoms with E-state index >= 15 is 0 Å². The summed E-state index contributed by atoms with van der Waals surface area (Å²) in [4.78, 5) is 45.2. The van der Waals surface area contributed by atoms with Crippen molar-refractivity contribution in [3.63, 3.8) is 0 Å². The van der Waals surface area contributed by atoms with Crippen LogP contribution in [0.4, 0.5) is 11.4 Å². The van der Waals surface area contributed by atoms with Crippen molar-refractivity contribution in [1.29, 1.82) is 0 Å². The highest BCUT2D eigenvalue weighted by Gasteiger charge is 2.40. The van der Waals surface area contributed by atoms with Crippen LogP contribution in [0.2, 0.25) is 0 Å². The molecule has 4 rings (SSSR count). The molecule has 3 amide bonds. The van der Waals surface area contributed by atoms with Crippen LogP contribution in [0, 0.1) is 0 Å². The van der Waals surface area contributed by atoms with Crippen molar-refractivity contribution in [3.8, 4) is 0 Å². The second-order valence-corrected chi connectivity index (χ2v) is 8.04. The average molecular weight is 385 g/mol. The van der Waals surface area contributed by atoms with E-state index in [-0.39, 0.29) is 24.1 Å². The molecule has 0 radical (unpaired) electrons. The molecule has 0 spiro atoms. The number of piperazine rings is 1. The van der Waals surface area contributed by atoms with E-state index in [0.29, 0.717) is 18.5 Å². The first-order valence-electron chi connectivity index (χ1n) is 9.78. The van der Waals surface area contributed by atoms with Crippen LogP contribution < -0.4 is 15.1 Å². The maximum Gasteiger partial charge on any atom is 0.255 e. The molecule has 0 saturated carbocycles. The Morgan fingerprint density at radius 1 is 1.07 bits per heavy atom. The average Bonchev–Trinajstić information content (AvgIpc) is 2.98. The van der Waals surface area contributed by atoms with Crippen LogP contribution in [0.3, 0.4) is 0 Å². The first-order valence-corrected chi connectivity index (χ1v) is 9.78. The molecule has 0 bridgehead atoms. The predicted molar refractivity (Wildman–Crippen MR) is 107 cm³/mol. The van der Waals surface area contributed by atoms with Crippen molar-refractivity contribution in [2.24, 2.45) is 0 Å². The van der Waals surface area contributed by atoms with E-state index in [1.807, 2.05) is 26.2 Å². The number of imide groups is 1. The number of piperidine rings is 1. The number of fused-ring (bicyclic) bond motifs is 1. The maximum atomic E-state index is 13.1. The molecule has 0 aliphatic carbocycles. The maximum absolute atomic E-state index is 13.1. The van der Waals surface area contributed by atoms with Gasteiger partial charge in [-0.15, -0.1) is 0 Å². The molecule has 0 aromatic heterocycles. The summed E-state index contributed by atoms with van der Waals surface area (Å²) in [6.07, 6.45) is 0.649. The Balaban J connectivity index is 1.67. The quantitative estimate of drug-likeness (QED) is 0.753. The van der Waals surface area contributed by atoms with Crippen molar-refractivity contribution in [2.75, 3.05) is 57.1 Å². The Hall–Kier alpha value is -2.61. The summed E-state index contributed by atoms with van der Waals surface area (Å²) in [5.41, 5.74) is 3.81. The summed E-state index contributed by atoms with van der Waals surface area (Å²) in [6, 6.07) is 3.34. The third kappa shape index (κ3) is 3.11. The summed E-state index contributed by atoms with van der Waals surface area (Å²) in [6.45, 7) is 4.30. The Labute approximate surface area is 165 Å². The Morgan fingerprint density at radius 3 is 2.43 bits per heavy atom. The van der Waals surface area contributed by atoms with Gasteiger partial charge >= 0.3 is 0 Å². The van der Waals surface area contributed by atoms with Gasteiger partial charge in [-0.2, -0.15) is 0 Å². The van der Waals surface area contributed by atoms with Crippen LogP contribution in [-0.2, 0) is 16.1 Å². The summed E-state index contributed by atoms with van der Waals surface area (Å²) in [5.74, 6) is -0.766. The summed E-state index contributed by atoms with van der Waals surface area (Å²) >= 11 is 0. The van der Waals surface area contributed by atoms with Gasteiger partial charge in [0.2, 0.25) is 11.8 Å². The number of likely N-dealkylation sites (N-methyl/N-ethyl adjacent to an activating group) is 1. The van der Waals surface area contributed by atoms with Crippen molar-refractivity contribution >= 4 is 29.1 Å². The number of carbonyl (C=O) groups is 3. The lowest BCUT2D eigenvalue weighted by Gasteiger charge is -2.36. The van der Waals surface area contributed by atoms with Gasteiger partial charge in [0.15, 0.2) is 0 Å². The normalized spacial score (nSPS) is 23.1. The van der Waals surface area contributed by atoms with Crippen LogP contribution in [0.25, 0.3) is 0 Å². The lowest BCUT2D eigenvalue weighted by Crippen LogP contribution is -2.52. The first kappa shape index (κ1) is 18.7. The first-order chi connectivity index (χ1) is 13.4.